The van der Waals surface area contributed by atoms with E-state index < -0.39 is 11.5 Å². The van der Waals surface area contributed by atoms with E-state index in [2.05, 4.69) is 5.32 Å². The average Bonchev–Trinajstić information content (AvgIpc) is 3.02. The van der Waals surface area contributed by atoms with E-state index in [9.17, 15) is 9.59 Å². The van der Waals surface area contributed by atoms with E-state index >= 15 is 0 Å². The molecular weight excluding hydrogens is 198 g/mol. The van der Waals surface area contributed by atoms with Crippen LogP contribution in [0.25, 0.3) is 0 Å². The molecule has 2 N–H and O–H groups in total. The molecular formula is C10H15NO4. The number of carbonyl (C=O) groups is 2. The summed E-state index contributed by atoms with van der Waals surface area (Å²) in [5.74, 6) is -1.10. The van der Waals surface area contributed by atoms with Gasteiger partial charge in [-0.2, -0.15) is 0 Å². The van der Waals surface area contributed by atoms with Crippen molar-refractivity contribution >= 4 is 11.9 Å². The zero-order valence-electron chi connectivity index (χ0n) is 8.49. The van der Waals surface area contributed by atoms with Gasteiger partial charge in [0, 0.05) is 12.5 Å². The Balaban J connectivity index is 2.03. The van der Waals surface area contributed by atoms with Crippen LogP contribution in [0.4, 0.5) is 0 Å². The van der Waals surface area contributed by atoms with Crippen LogP contribution in [0.5, 0.6) is 0 Å². The third kappa shape index (κ3) is 2.12. The summed E-state index contributed by atoms with van der Waals surface area (Å²) < 4.78 is 5.15. The molecule has 1 aliphatic heterocycles. The van der Waals surface area contributed by atoms with Crippen LogP contribution in [0.15, 0.2) is 0 Å². The third-order valence-electron chi connectivity index (χ3n) is 2.96. The first-order chi connectivity index (χ1) is 7.14. The number of aliphatic carboxylic acids is 1. The minimum atomic E-state index is -1.18. The van der Waals surface area contributed by atoms with Crippen molar-refractivity contribution in [2.45, 2.75) is 31.2 Å². The second-order valence-electron chi connectivity index (χ2n) is 4.31. The van der Waals surface area contributed by atoms with Gasteiger partial charge in [-0.25, -0.2) is 4.79 Å². The third-order valence-corrected chi connectivity index (χ3v) is 2.96. The smallest absolute Gasteiger partial charge is 0.331 e. The highest BCUT2D eigenvalue weighted by molar-refractivity contribution is 5.89. The van der Waals surface area contributed by atoms with Gasteiger partial charge in [0.05, 0.1) is 6.61 Å². The number of nitrogens with one attached hydrogen (secondary N) is 1. The predicted molar refractivity (Wildman–Crippen MR) is 51.3 cm³/mol. The average molecular weight is 213 g/mol. The van der Waals surface area contributed by atoms with Crippen molar-refractivity contribution in [3.63, 3.8) is 0 Å². The second-order valence-corrected chi connectivity index (χ2v) is 4.31. The van der Waals surface area contributed by atoms with Crippen molar-refractivity contribution in [3.8, 4) is 0 Å². The van der Waals surface area contributed by atoms with E-state index in [0.717, 1.165) is 12.8 Å². The molecule has 5 heteroatoms. The number of carboxylic acids is 1. The Labute approximate surface area is 87.8 Å². The Hall–Kier alpha value is -1.10. The van der Waals surface area contributed by atoms with Crippen molar-refractivity contribution in [2.75, 3.05) is 13.2 Å². The summed E-state index contributed by atoms with van der Waals surface area (Å²) in [6.45, 7) is 0.662. The summed E-state index contributed by atoms with van der Waals surface area (Å²) >= 11 is 0. The van der Waals surface area contributed by atoms with Crippen LogP contribution in [0.1, 0.15) is 25.7 Å². The highest BCUT2D eigenvalue weighted by Gasteiger charge is 2.44. The first-order valence-corrected chi connectivity index (χ1v) is 5.27. The molecule has 1 amide bonds. The number of rotatable bonds is 3. The summed E-state index contributed by atoms with van der Waals surface area (Å²) in [4.78, 5) is 22.7. The van der Waals surface area contributed by atoms with E-state index in [-0.39, 0.29) is 18.4 Å². The molecule has 1 saturated heterocycles. The molecule has 2 fully saturated rings. The molecule has 1 saturated carbocycles. The lowest BCUT2D eigenvalue weighted by Crippen LogP contribution is -2.59. The highest BCUT2D eigenvalue weighted by Crippen LogP contribution is 2.30. The maximum absolute atomic E-state index is 11.6. The van der Waals surface area contributed by atoms with Gasteiger partial charge in [-0.05, 0) is 25.7 Å². The zero-order chi connectivity index (χ0) is 10.9. The van der Waals surface area contributed by atoms with Gasteiger partial charge in [0.1, 0.15) is 0 Å². The maximum Gasteiger partial charge on any atom is 0.331 e. The zero-order valence-corrected chi connectivity index (χ0v) is 8.49. The molecule has 2 aliphatic rings. The second kappa shape index (κ2) is 3.81. The van der Waals surface area contributed by atoms with Crippen LogP contribution < -0.4 is 5.32 Å². The number of carboxylic acid groups (broad SMARTS) is 1. The van der Waals surface area contributed by atoms with Crippen LogP contribution in [0, 0.1) is 5.92 Å². The fourth-order valence-corrected chi connectivity index (χ4v) is 1.80. The molecule has 1 heterocycles. The summed E-state index contributed by atoms with van der Waals surface area (Å²) in [6.07, 6.45) is 2.89. The summed E-state index contributed by atoms with van der Waals surface area (Å²) in [5.41, 5.74) is -1.18. The Morgan fingerprint density at radius 1 is 1.40 bits per heavy atom. The van der Waals surface area contributed by atoms with Crippen molar-refractivity contribution in [2.24, 2.45) is 5.92 Å². The standard InChI is InChI=1S/C10H15NO4/c12-8(7-2-3-7)11-10(9(13)14)4-1-5-15-6-10/h7H,1-6H2,(H,11,12)(H,13,14). The van der Waals surface area contributed by atoms with Crippen molar-refractivity contribution in [1.82, 2.24) is 5.32 Å². The molecule has 0 bridgehead atoms. The molecule has 5 nitrogen and oxygen atoms in total. The van der Waals surface area contributed by atoms with Gasteiger partial charge in [0.2, 0.25) is 5.91 Å². The van der Waals surface area contributed by atoms with Crippen LogP contribution in [-0.2, 0) is 14.3 Å². The molecule has 1 atom stereocenters. The van der Waals surface area contributed by atoms with Gasteiger partial charge in [-0.1, -0.05) is 0 Å². The molecule has 0 aromatic heterocycles. The van der Waals surface area contributed by atoms with Gasteiger partial charge in [0.15, 0.2) is 5.54 Å². The van der Waals surface area contributed by atoms with Crippen LogP contribution >= 0.6 is 0 Å². The molecule has 0 aromatic rings. The lowest BCUT2D eigenvalue weighted by atomic mass is 9.92. The number of carbonyl (C=O) groups excluding carboxylic acids is 1. The number of hydrogen-bond donors (Lipinski definition) is 2. The van der Waals surface area contributed by atoms with Crippen molar-refractivity contribution < 1.29 is 19.4 Å². The van der Waals surface area contributed by atoms with E-state index in [1.54, 1.807) is 0 Å². The van der Waals surface area contributed by atoms with Crippen molar-refractivity contribution in [1.29, 1.82) is 0 Å². The summed E-state index contributed by atoms with van der Waals surface area (Å²) in [7, 11) is 0. The number of hydrogen-bond acceptors (Lipinski definition) is 3. The summed E-state index contributed by atoms with van der Waals surface area (Å²) in [5, 5.41) is 11.8. The van der Waals surface area contributed by atoms with Crippen LogP contribution in [-0.4, -0.2) is 35.7 Å². The van der Waals surface area contributed by atoms with Crippen molar-refractivity contribution in [3.05, 3.63) is 0 Å². The summed E-state index contributed by atoms with van der Waals surface area (Å²) in [6, 6.07) is 0. The Morgan fingerprint density at radius 2 is 2.13 bits per heavy atom. The van der Waals surface area contributed by atoms with Crippen LogP contribution in [0.2, 0.25) is 0 Å². The molecule has 84 valence electrons. The SMILES string of the molecule is O=C(NC1(C(=O)O)CCCOC1)C1CC1. The maximum atomic E-state index is 11.6. The fourth-order valence-electron chi connectivity index (χ4n) is 1.80. The largest absolute Gasteiger partial charge is 0.479 e. The van der Waals surface area contributed by atoms with Gasteiger partial charge >= 0.3 is 5.97 Å². The van der Waals surface area contributed by atoms with Gasteiger partial charge in [-0.3, -0.25) is 4.79 Å². The van der Waals surface area contributed by atoms with E-state index in [1.807, 2.05) is 0 Å². The molecule has 0 radical (unpaired) electrons. The molecule has 0 spiro atoms. The lowest BCUT2D eigenvalue weighted by Gasteiger charge is -2.33. The topological polar surface area (TPSA) is 75.6 Å². The lowest BCUT2D eigenvalue weighted by molar-refractivity contribution is -0.154. The molecule has 1 unspecified atom stereocenters. The van der Waals surface area contributed by atoms with E-state index in [1.165, 1.54) is 0 Å². The van der Waals surface area contributed by atoms with Crippen LogP contribution in [0.3, 0.4) is 0 Å². The number of amides is 1. The highest BCUT2D eigenvalue weighted by atomic mass is 16.5. The molecule has 1 aliphatic carbocycles. The predicted octanol–water partition coefficient (Wildman–Crippen LogP) is 0.146. The first-order valence-electron chi connectivity index (χ1n) is 5.27. The Morgan fingerprint density at radius 3 is 2.60 bits per heavy atom. The minimum Gasteiger partial charge on any atom is -0.479 e. The minimum absolute atomic E-state index is 0.0307. The van der Waals surface area contributed by atoms with Gasteiger partial charge < -0.3 is 15.2 Å². The Kier molecular flexibility index (Phi) is 2.65. The van der Waals surface area contributed by atoms with Gasteiger partial charge in [0.25, 0.3) is 0 Å². The molecule has 15 heavy (non-hydrogen) atoms. The monoisotopic (exact) mass is 213 g/mol. The first kappa shape index (κ1) is 10.4. The fraction of sp³-hybridized carbons (Fsp3) is 0.800. The van der Waals surface area contributed by atoms with E-state index in [4.69, 9.17) is 9.84 Å². The quantitative estimate of drug-likeness (QED) is 0.699. The van der Waals surface area contributed by atoms with Gasteiger partial charge in [-0.15, -0.1) is 0 Å². The molecule has 0 aromatic carbocycles. The Bertz CT molecular complexity index is 279. The molecule has 2 rings (SSSR count). The normalized spacial score (nSPS) is 30.9. The number of ether oxygens (including phenoxy) is 1. The van der Waals surface area contributed by atoms with E-state index in [0.29, 0.717) is 19.4 Å².